The van der Waals surface area contributed by atoms with Gasteiger partial charge >= 0.3 is 6.18 Å². The van der Waals surface area contributed by atoms with Gasteiger partial charge in [0.1, 0.15) is 5.82 Å². The number of aromatic nitrogens is 1. The third kappa shape index (κ3) is 6.46. The van der Waals surface area contributed by atoms with E-state index in [2.05, 4.69) is 15.6 Å². The maximum atomic E-state index is 12.6. The molecule has 1 aromatic carbocycles. The average molecular weight is 485 g/mol. The predicted molar refractivity (Wildman–Crippen MR) is 107 cm³/mol. The van der Waals surface area contributed by atoms with Crippen LogP contribution in [0.1, 0.15) is 5.56 Å². The lowest BCUT2D eigenvalue weighted by molar-refractivity contribution is -0.137. The summed E-state index contributed by atoms with van der Waals surface area (Å²) in [5, 5.41) is 5.35. The van der Waals surface area contributed by atoms with E-state index in [0.717, 1.165) is 10.4 Å². The van der Waals surface area contributed by atoms with Crippen molar-refractivity contribution in [1.29, 1.82) is 0 Å². The number of nitrogens with zero attached hydrogens (tertiary/aromatic N) is 2. The van der Waals surface area contributed by atoms with Gasteiger partial charge in [-0.3, -0.25) is 4.79 Å². The molecule has 164 valence electrons. The molecule has 0 unspecified atom stereocenters. The SMILES string of the molecule is CN(CC(=O)NCCNc1ncc(C(F)(F)F)cc1Cl)S(=O)(=O)c1ccc(Cl)cc1. The number of alkyl halides is 3. The third-order valence-electron chi connectivity index (χ3n) is 3.80. The minimum atomic E-state index is -4.55. The first-order chi connectivity index (χ1) is 13.9. The van der Waals surface area contributed by atoms with Crippen LogP contribution in [0, 0.1) is 0 Å². The van der Waals surface area contributed by atoms with E-state index >= 15 is 0 Å². The highest BCUT2D eigenvalue weighted by Gasteiger charge is 2.31. The molecule has 0 fully saturated rings. The number of carbonyl (C=O) groups excluding carboxylic acids is 1. The van der Waals surface area contributed by atoms with Crippen LogP contribution < -0.4 is 10.6 Å². The number of amides is 1. The fourth-order valence-electron chi connectivity index (χ4n) is 2.24. The number of carbonyl (C=O) groups is 1. The summed E-state index contributed by atoms with van der Waals surface area (Å²) in [6.45, 7) is -0.256. The molecule has 30 heavy (non-hydrogen) atoms. The van der Waals surface area contributed by atoms with Gasteiger partial charge in [0.25, 0.3) is 0 Å². The largest absolute Gasteiger partial charge is 0.417 e. The molecule has 0 bridgehead atoms. The van der Waals surface area contributed by atoms with Crippen LogP contribution >= 0.6 is 23.2 Å². The molecule has 0 aliphatic carbocycles. The Kier molecular flexibility index (Phi) is 7.92. The second-order valence-electron chi connectivity index (χ2n) is 6.04. The molecule has 0 saturated heterocycles. The fraction of sp³-hybridized carbons (Fsp3) is 0.294. The molecule has 2 rings (SSSR count). The molecule has 7 nitrogen and oxygen atoms in total. The van der Waals surface area contributed by atoms with Crippen molar-refractivity contribution in [2.24, 2.45) is 0 Å². The van der Waals surface area contributed by atoms with E-state index in [4.69, 9.17) is 23.2 Å². The van der Waals surface area contributed by atoms with Gasteiger partial charge in [-0.15, -0.1) is 0 Å². The first-order valence-corrected chi connectivity index (χ1v) is 10.6. The highest BCUT2D eigenvalue weighted by molar-refractivity contribution is 7.89. The number of likely N-dealkylation sites (N-methyl/N-ethyl adjacent to an activating group) is 1. The van der Waals surface area contributed by atoms with Crippen LogP contribution in [-0.4, -0.2) is 50.3 Å². The van der Waals surface area contributed by atoms with Crippen LogP contribution in [-0.2, 0) is 21.0 Å². The zero-order valence-corrected chi connectivity index (χ0v) is 17.8. The summed E-state index contributed by atoms with van der Waals surface area (Å²) in [5.74, 6) is -0.537. The van der Waals surface area contributed by atoms with Gasteiger partial charge in [-0.05, 0) is 30.3 Å². The first-order valence-electron chi connectivity index (χ1n) is 8.36. The summed E-state index contributed by atoms with van der Waals surface area (Å²) < 4.78 is 63.5. The highest BCUT2D eigenvalue weighted by atomic mass is 35.5. The van der Waals surface area contributed by atoms with Crippen LogP contribution in [0.4, 0.5) is 19.0 Å². The Balaban J connectivity index is 1.83. The molecular weight excluding hydrogens is 468 g/mol. The molecule has 1 heterocycles. The number of nitrogens with one attached hydrogen (secondary N) is 2. The van der Waals surface area contributed by atoms with Gasteiger partial charge in [0.15, 0.2) is 0 Å². The number of halogens is 5. The van der Waals surface area contributed by atoms with Crippen molar-refractivity contribution in [2.45, 2.75) is 11.1 Å². The maximum Gasteiger partial charge on any atom is 0.417 e. The number of pyridine rings is 1. The van der Waals surface area contributed by atoms with E-state index in [1.165, 1.54) is 31.3 Å². The minimum Gasteiger partial charge on any atom is -0.367 e. The summed E-state index contributed by atoms with van der Waals surface area (Å²) in [5.41, 5.74) is -0.976. The van der Waals surface area contributed by atoms with Gasteiger partial charge < -0.3 is 10.6 Å². The molecule has 0 aliphatic heterocycles. The Morgan fingerprint density at radius 1 is 1.17 bits per heavy atom. The van der Waals surface area contributed by atoms with Gasteiger partial charge in [0, 0.05) is 31.4 Å². The molecule has 0 atom stereocenters. The first kappa shape index (κ1) is 24.2. The quantitative estimate of drug-likeness (QED) is 0.561. The highest BCUT2D eigenvalue weighted by Crippen LogP contribution is 2.32. The number of rotatable bonds is 8. The van der Waals surface area contributed by atoms with Crippen LogP contribution in [0.5, 0.6) is 0 Å². The summed E-state index contributed by atoms with van der Waals surface area (Å²) >= 11 is 11.5. The number of hydrogen-bond acceptors (Lipinski definition) is 5. The molecule has 13 heteroatoms. The smallest absolute Gasteiger partial charge is 0.367 e. The monoisotopic (exact) mass is 484 g/mol. The van der Waals surface area contributed by atoms with Crippen LogP contribution in [0.3, 0.4) is 0 Å². The van der Waals surface area contributed by atoms with E-state index in [1.807, 2.05) is 0 Å². The summed E-state index contributed by atoms with van der Waals surface area (Å²) in [6.07, 6.45) is -3.91. The Morgan fingerprint density at radius 2 is 1.80 bits per heavy atom. The lowest BCUT2D eigenvalue weighted by Crippen LogP contribution is -2.39. The van der Waals surface area contributed by atoms with Crippen LogP contribution in [0.15, 0.2) is 41.4 Å². The van der Waals surface area contributed by atoms with E-state index in [9.17, 15) is 26.4 Å². The van der Waals surface area contributed by atoms with E-state index in [-0.39, 0.29) is 28.8 Å². The van der Waals surface area contributed by atoms with Gasteiger partial charge in [0.05, 0.1) is 22.0 Å². The summed E-state index contributed by atoms with van der Waals surface area (Å²) in [7, 11) is -2.61. The molecule has 0 spiro atoms. The van der Waals surface area contributed by atoms with Crippen molar-refractivity contribution in [3.8, 4) is 0 Å². The molecule has 0 saturated carbocycles. The Bertz CT molecular complexity index is 1000. The molecule has 1 amide bonds. The molecule has 0 radical (unpaired) electrons. The standard InChI is InChI=1S/C17H17Cl2F3N4O3S/c1-26(30(28,29)13-4-2-12(18)3-5-13)10-15(27)23-6-7-24-16-14(19)8-11(9-25-16)17(20,21)22/h2-5,8-9H,6-7,10H2,1H3,(H,23,27)(H,24,25). The van der Waals surface area contributed by atoms with Crippen molar-refractivity contribution < 1.29 is 26.4 Å². The van der Waals surface area contributed by atoms with E-state index < -0.39 is 34.2 Å². The van der Waals surface area contributed by atoms with Crippen LogP contribution in [0.25, 0.3) is 0 Å². The molecule has 2 N–H and O–H groups in total. The van der Waals surface area contributed by atoms with Crippen molar-refractivity contribution >= 4 is 45.0 Å². The Labute approximate surface area is 181 Å². The van der Waals surface area contributed by atoms with E-state index in [0.29, 0.717) is 11.2 Å². The van der Waals surface area contributed by atoms with Gasteiger partial charge in [-0.2, -0.15) is 17.5 Å². The van der Waals surface area contributed by atoms with Gasteiger partial charge in [-0.1, -0.05) is 23.2 Å². The summed E-state index contributed by atoms with van der Waals surface area (Å²) in [4.78, 5) is 15.6. The number of benzene rings is 1. The Hall–Kier alpha value is -2.08. The number of anilines is 1. The third-order valence-corrected chi connectivity index (χ3v) is 6.15. The molecule has 0 aliphatic rings. The van der Waals surface area contributed by atoms with Gasteiger partial charge in [0.2, 0.25) is 15.9 Å². The summed E-state index contributed by atoms with van der Waals surface area (Å²) in [6, 6.07) is 6.25. The zero-order chi connectivity index (χ0) is 22.5. The molecule has 2 aromatic rings. The fourth-order valence-corrected chi connectivity index (χ4v) is 3.72. The minimum absolute atomic E-state index is 0.00751. The maximum absolute atomic E-state index is 12.6. The predicted octanol–water partition coefficient (Wildman–Crippen LogP) is 3.26. The van der Waals surface area contributed by atoms with Crippen molar-refractivity contribution in [3.63, 3.8) is 0 Å². The van der Waals surface area contributed by atoms with Crippen molar-refractivity contribution in [1.82, 2.24) is 14.6 Å². The van der Waals surface area contributed by atoms with Gasteiger partial charge in [-0.25, -0.2) is 13.4 Å². The Morgan fingerprint density at radius 3 is 2.37 bits per heavy atom. The molecular formula is C17H17Cl2F3N4O3S. The van der Waals surface area contributed by atoms with E-state index in [1.54, 1.807) is 0 Å². The van der Waals surface area contributed by atoms with Crippen molar-refractivity contribution in [3.05, 3.63) is 52.1 Å². The normalized spacial score (nSPS) is 12.1. The lowest BCUT2D eigenvalue weighted by Gasteiger charge is -2.17. The topological polar surface area (TPSA) is 91.4 Å². The average Bonchev–Trinajstić information content (AvgIpc) is 2.65. The number of sulfonamides is 1. The second kappa shape index (κ2) is 9.82. The van der Waals surface area contributed by atoms with Crippen molar-refractivity contribution in [2.75, 3.05) is 32.0 Å². The zero-order valence-electron chi connectivity index (χ0n) is 15.5. The molecule has 1 aromatic heterocycles. The lowest BCUT2D eigenvalue weighted by atomic mass is 10.3. The van der Waals surface area contributed by atoms with Crippen LogP contribution in [0.2, 0.25) is 10.0 Å². The second-order valence-corrected chi connectivity index (χ2v) is 8.93. The number of hydrogen-bond donors (Lipinski definition) is 2.